The van der Waals surface area contributed by atoms with E-state index in [1.165, 1.54) is 4.57 Å². The predicted molar refractivity (Wildman–Crippen MR) is 50.8 cm³/mol. The van der Waals surface area contributed by atoms with Crippen LogP contribution in [0.4, 0.5) is 0 Å². The molecule has 0 atom stereocenters. The molecule has 0 unspecified atom stereocenters. The summed E-state index contributed by atoms with van der Waals surface area (Å²) < 4.78 is 3.25. The zero-order valence-corrected chi connectivity index (χ0v) is 7.85. The number of hydrogen-bond donors (Lipinski definition) is 1. The average molecular weight is 195 g/mol. The maximum Gasteiger partial charge on any atom is 0.328 e. The van der Waals surface area contributed by atoms with E-state index in [1.54, 1.807) is 17.0 Å². The van der Waals surface area contributed by atoms with E-state index in [1.807, 2.05) is 0 Å². The normalized spacial score (nSPS) is 15.7. The van der Waals surface area contributed by atoms with Gasteiger partial charge in [0.1, 0.15) is 0 Å². The molecule has 1 aromatic heterocycles. The van der Waals surface area contributed by atoms with Crippen LogP contribution in [0.5, 0.6) is 0 Å². The fourth-order valence-electron chi connectivity index (χ4n) is 1.46. The number of aromatic nitrogens is 2. The fourth-order valence-corrected chi connectivity index (χ4v) is 1.46. The van der Waals surface area contributed by atoms with Gasteiger partial charge in [0.05, 0.1) is 0 Å². The Balaban J connectivity index is 2.10. The highest BCUT2D eigenvalue weighted by Gasteiger charge is 2.25. The van der Waals surface area contributed by atoms with Gasteiger partial charge in [-0.2, -0.15) is 0 Å². The van der Waals surface area contributed by atoms with Gasteiger partial charge < -0.3 is 5.73 Å². The van der Waals surface area contributed by atoms with Crippen molar-refractivity contribution in [3.05, 3.63) is 22.9 Å². The minimum absolute atomic E-state index is 0.0336. The molecule has 5 nitrogen and oxygen atoms in total. The van der Waals surface area contributed by atoms with Crippen LogP contribution in [0.1, 0.15) is 25.3 Å². The van der Waals surface area contributed by atoms with Crippen LogP contribution >= 0.6 is 0 Å². The van der Waals surface area contributed by atoms with E-state index in [0.717, 1.165) is 12.8 Å². The number of aryl methyl sites for hydroxylation is 1. The summed E-state index contributed by atoms with van der Waals surface area (Å²) in [5.41, 5.74) is 4.97. The molecule has 0 aliphatic heterocycles. The van der Waals surface area contributed by atoms with Gasteiger partial charge in [-0.1, -0.05) is 0 Å². The Kier molecular flexibility index (Phi) is 2.15. The molecule has 2 N–H and O–H groups in total. The molecule has 5 heteroatoms. The Morgan fingerprint density at radius 3 is 2.79 bits per heavy atom. The third-order valence-electron chi connectivity index (χ3n) is 2.41. The van der Waals surface area contributed by atoms with Crippen LogP contribution < -0.4 is 11.4 Å². The Bertz CT molecular complexity index is 400. The predicted octanol–water partition coefficient (Wildman–Crippen LogP) is -0.140. The van der Waals surface area contributed by atoms with Gasteiger partial charge in [-0.05, 0) is 12.8 Å². The van der Waals surface area contributed by atoms with E-state index in [9.17, 15) is 9.59 Å². The van der Waals surface area contributed by atoms with Crippen molar-refractivity contribution in [2.24, 2.45) is 5.73 Å². The molecule has 0 saturated heterocycles. The van der Waals surface area contributed by atoms with Crippen LogP contribution in [-0.4, -0.2) is 15.0 Å². The molecule has 76 valence electrons. The maximum atomic E-state index is 11.6. The largest absolute Gasteiger partial charge is 0.370 e. The summed E-state index contributed by atoms with van der Waals surface area (Å²) in [5, 5.41) is 0. The first kappa shape index (κ1) is 9.05. The van der Waals surface area contributed by atoms with Gasteiger partial charge >= 0.3 is 5.69 Å². The Hall–Kier alpha value is -1.52. The molecule has 14 heavy (non-hydrogen) atoms. The standard InChI is InChI=1S/C9H13N3O2/c10-8(13)3-4-11-5-6-12(9(11)14)7-1-2-7/h5-7H,1-4H2,(H2,10,13). The molecule has 1 saturated carbocycles. The lowest BCUT2D eigenvalue weighted by molar-refractivity contribution is -0.118. The van der Waals surface area contributed by atoms with Gasteiger partial charge in [0.25, 0.3) is 0 Å². The lowest BCUT2D eigenvalue weighted by Crippen LogP contribution is -2.25. The van der Waals surface area contributed by atoms with Crippen molar-refractivity contribution in [3.8, 4) is 0 Å². The zero-order chi connectivity index (χ0) is 10.1. The van der Waals surface area contributed by atoms with E-state index < -0.39 is 0 Å². The lowest BCUT2D eigenvalue weighted by atomic mass is 10.4. The van der Waals surface area contributed by atoms with Gasteiger partial charge in [0.2, 0.25) is 5.91 Å². The molecule has 1 aromatic rings. The topological polar surface area (TPSA) is 70.0 Å². The van der Waals surface area contributed by atoms with E-state index in [4.69, 9.17) is 5.73 Å². The molecular formula is C9H13N3O2. The molecule has 0 radical (unpaired) electrons. The van der Waals surface area contributed by atoms with Crippen LogP contribution in [0.3, 0.4) is 0 Å². The van der Waals surface area contributed by atoms with Crippen LogP contribution in [0, 0.1) is 0 Å². The van der Waals surface area contributed by atoms with Crippen LogP contribution in [0.15, 0.2) is 17.2 Å². The minimum atomic E-state index is -0.379. The van der Waals surface area contributed by atoms with Crippen LogP contribution in [0.2, 0.25) is 0 Å². The lowest BCUT2D eigenvalue weighted by Gasteiger charge is -1.98. The van der Waals surface area contributed by atoms with Crippen LogP contribution in [0.25, 0.3) is 0 Å². The highest BCUT2D eigenvalue weighted by Crippen LogP contribution is 2.33. The van der Waals surface area contributed by atoms with Crippen molar-refractivity contribution in [1.29, 1.82) is 0 Å². The smallest absolute Gasteiger partial charge is 0.328 e. The van der Waals surface area contributed by atoms with Gasteiger partial charge in [0, 0.05) is 31.4 Å². The molecular weight excluding hydrogens is 182 g/mol. The Labute approximate surface area is 81.1 Å². The van der Waals surface area contributed by atoms with Crippen molar-refractivity contribution in [3.63, 3.8) is 0 Å². The van der Waals surface area contributed by atoms with Gasteiger partial charge in [-0.15, -0.1) is 0 Å². The summed E-state index contributed by atoms with van der Waals surface area (Å²) in [6.07, 6.45) is 5.87. The van der Waals surface area contributed by atoms with E-state index in [-0.39, 0.29) is 18.0 Å². The molecule has 1 aliphatic carbocycles. The molecule has 0 aromatic carbocycles. The molecule has 0 spiro atoms. The highest BCUT2D eigenvalue weighted by molar-refractivity contribution is 5.73. The zero-order valence-electron chi connectivity index (χ0n) is 7.85. The first-order valence-electron chi connectivity index (χ1n) is 4.74. The number of hydrogen-bond acceptors (Lipinski definition) is 2. The van der Waals surface area contributed by atoms with E-state index in [0.29, 0.717) is 12.6 Å². The first-order valence-corrected chi connectivity index (χ1v) is 4.74. The third-order valence-corrected chi connectivity index (χ3v) is 2.41. The second kappa shape index (κ2) is 3.32. The van der Waals surface area contributed by atoms with Gasteiger partial charge in [0.15, 0.2) is 0 Å². The summed E-state index contributed by atoms with van der Waals surface area (Å²) in [6, 6.07) is 0.386. The summed E-state index contributed by atoms with van der Waals surface area (Å²) >= 11 is 0. The number of imidazole rings is 1. The van der Waals surface area contributed by atoms with Crippen molar-refractivity contribution in [2.75, 3.05) is 0 Å². The van der Waals surface area contributed by atoms with Gasteiger partial charge in [-0.25, -0.2) is 4.79 Å². The summed E-state index contributed by atoms with van der Waals surface area (Å²) in [6.45, 7) is 0.383. The second-order valence-corrected chi connectivity index (χ2v) is 3.63. The molecule has 1 fully saturated rings. The molecule has 0 bridgehead atoms. The van der Waals surface area contributed by atoms with Crippen molar-refractivity contribution < 1.29 is 4.79 Å². The monoisotopic (exact) mass is 195 g/mol. The third kappa shape index (κ3) is 1.71. The van der Waals surface area contributed by atoms with E-state index >= 15 is 0 Å². The summed E-state index contributed by atoms with van der Waals surface area (Å²) in [4.78, 5) is 22.2. The van der Waals surface area contributed by atoms with Crippen molar-refractivity contribution in [1.82, 2.24) is 9.13 Å². The number of carbonyl (C=O) groups excluding carboxylic acids is 1. The SMILES string of the molecule is NC(=O)CCn1ccn(C2CC2)c1=O. The minimum Gasteiger partial charge on any atom is -0.370 e. The first-order chi connectivity index (χ1) is 6.68. The van der Waals surface area contributed by atoms with E-state index in [2.05, 4.69) is 0 Å². The maximum absolute atomic E-state index is 11.6. The fraction of sp³-hybridized carbons (Fsp3) is 0.556. The molecule has 1 aliphatic rings. The highest BCUT2D eigenvalue weighted by atomic mass is 16.2. The Morgan fingerprint density at radius 1 is 1.50 bits per heavy atom. The summed E-state index contributed by atoms with van der Waals surface area (Å²) in [5.74, 6) is -0.379. The molecule has 1 heterocycles. The molecule has 1 amide bonds. The van der Waals surface area contributed by atoms with Crippen LogP contribution in [-0.2, 0) is 11.3 Å². The number of primary amides is 1. The average Bonchev–Trinajstić information content (AvgIpc) is 2.89. The van der Waals surface area contributed by atoms with Crippen molar-refractivity contribution in [2.45, 2.75) is 31.8 Å². The number of nitrogens with two attached hydrogens (primary N) is 1. The quantitative estimate of drug-likeness (QED) is 0.726. The summed E-state index contributed by atoms with van der Waals surface area (Å²) in [7, 11) is 0. The number of nitrogens with zero attached hydrogens (tertiary/aromatic N) is 2. The van der Waals surface area contributed by atoms with Gasteiger partial charge in [-0.3, -0.25) is 13.9 Å². The number of amides is 1. The second-order valence-electron chi connectivity index (χ2n) is 3.63. The Morgan fingerprint density at radius 2 is 2.21 bits per heavy atom. The number of rotatable bonds is 4. The molecule has 2 rings (SSSR count). The van der Waals surface area contributed by atoms with Crippen molar-refractivity contribution >= 4 is 5.91 Å². The number of carbonyl (C=O) groups is 1.